The molecule has 1 heterocycles. The van der Waals surface area contributed by atoms with Crippen LogP contribution in [0.15, 0.2) is 29.3 Å². The molecule has 0 bridgehead atoms. The predicted octanol–water partition coefficient (Wildman–Crippen LogP) is 5.73. The van der Waals surface area contributed by atoms with Gasteiger partial charge in [0.1, 0.15) is 23.0 Å². The van der Waals surface area contributed by atoms with Crippen molar-refractivity contribution in [2.24, 2.45) is 4.99 Å². The lowest BCUT2D eigenvalue weighted by molar-refractivity contribution is -0.111. The SMILES string of the molecule is CN1C(=O)N(c2ccccc2F)C(=O)C1=NC(Nc1c(F)c(F)c(F)c(F)c1F)C(Cl)C(Cl)(Cl)Cl. The lowest BCUT2D eigenvalue weighted by Gasteiger charge is -2.27. The fraction of sp³-hybridized carbons (Fsp3) is 0.211. The van der Waals surface area contributed by atoms with Crippen molar-refractivity contribution >= 4 is 75.6 Å². The van der Waals surface area contributed by atoms with Crippen LogP contribution in [0, 0.1) is 34.9 Å². The number of imide groups is 1. The van der Waals surface area contributed by atoms with Gasteiger partial charge >= 0.3 is 11.9 Å². The van der Waals surface area contributed by atoms with Crippen molar-refractivity contribution in [1.82, 2.24) is 4.90 Å². The smallest absolute Gasteiger partial charge is 0.337 e. The molecule has 1 fully saturated rings. The summed E-state index contributed by atoms with van der Waals surface area (Å²) in [5, 5.41) is -0.0812. The summed E-state index contributed by atoms with van der Waals surface area (Å²) in [5.41, 5.74) is -2.05. The highest BCUT2D eigenvalue weighted by Crippen LogP contribution is 2.38. The number of carbonyl (C=O) groups excluding carboxylic acids is 2. The Morgan fingerprint density at radius 3 is 1.94 bits per heavy atom. The largest absolute Gasteiger partial charge is 0.357 e. The van der Waals surface area contributed by atoms with Crippen molar-refractivity contribution in [3.63, 3.8) is 0 Å². The van der Waals surface area contributed by atoms with Crippen molar-refractivity contribution < 1.29 is 35.9 Å². The minimum Gasteiger partial charge on any atom is -0.357 e. The van der Waals surface area contributed by atoms with Gasteiger partial charge in [-0.3, -0.25) is 9.69 Å². The molecular formula is C19H10Cl4F6N4O2. The van der Waals surface area contributed by atoms with Gasteiger partial charge in [0, 0.05) is 7.05 Å². The van der Waals surface area contributed by atoms with Crippen molar-refractivity contribution in [1.29, 1.82) is 0 Å². The van der Waals surface area contributed by atoms with Gasteiger partial charge in [0.25, 0.3) is 0 Å². The molecular weight excluding hydrogens is 572 g/mol. The third-order valence-electron chi connectivity index (χ3n) is 4.64. The van der Waals surface area contributed by atoms with Gasteiger partial charge in [0.05, 0.1) is 5.69 Å². The van der Waals surface area contributed by atoms with Crippen LogP contribution in [-0.4, -0.2) is 45.1 Å². The Hall–Kier alpha value is -2.41. The molecule has 3 rings (SSSR count). The average molecular weight is 582 g/mol. The summed E-state index contributed by atoms with van der Waals surface area (Å²) >= 11 is 23.2. The summed E-state index contributed by atoms with van der Waals surface area (Å²) in [7, 11) is 1.04. The zero-order valence-corrected chi connectivity index (χ0v) is 19.9. The van der Waals surface area contributed by atoms with E-state index in [9.17, 15) is 35.9 Å². The number of aliphatic imine (C=N–C) groups is 1. The van der Waals surface area contributed by atoms with E-state index < -0.39 is 79.4 Å². The van der Waals surface area contributed by atoms with Gasteiger partial charge in [0.15, 0.2) is 23.3 Å². The van der Waals surface area contributed by atoms with Crippen LogP contribution in [-0.2, 0) is 4.79 Å². The molecule has 1 N–H and O–H groups in total. The van der Waals surface area contributed by atoms with E-state index in [4.69, 9.17) is 46.4 Å². The van der Waals surface area contributed by atoms with Crippen LogP contribution >= 0.6 is 46.4 Å². The molecule has 16 heteroatoms. The third kappa shape index (κ3) is 4.97. The first-order valence-electron chi connectivity index (χ1n) is 9.11. The maximum Gasteiger partial charge on any atom is 0.337 e. The van der Waals surface area contributed by atoms with Crippen LogP contribution in [0.3, 0.4) is 0 Å². The number of hydrogen-bond donors (Lipinski definition) is 1. The number of nitrogens with one attached hydrogen (secondary N) is 1. The topological polar surface area (TPSA) is 65.0 Å². The summed E-state index contributed by atoms with van der Waals surface area (Å²) in [5.74, 6) is -14.6. The second-order valence-corrected chi connectivity index (χ2v) is 9.70. The zero-order chi connectivity index (χ0) is 26.4. The average Bonchev–Trinajstić information content (AvgIpc) is 3.00. The maximum absolute atomic E-state index is 14.2. The Kier molecular flexibility index (Phi) is 7.70. The predicted molar refractivity (Wildman–Crippen MR) is 118 cm³/mol. The Labute approximate surface area is 213 Å². The van der Waals surface area contributed by atoms with Gasteiger partial charge in [-0.25, -0.2) is 41.0 Å². The second-order valence-electron chi connectivity index (χ2n) is 6.86. The minimum absolute atomic E-state index is 0.391. The van der Waals surface area contributed by atoms with Crippen LogP contribution in [0.4, 0.5) is 42.5 Å². The molecule has 0 aromatic heterocycles. The first-order chi connectivity index (χ1) is 16.2. The van der Waals surface area contributed by atoms with E-state index in [1.807, 2.05) is 5.32 Å². The number of likely N-dealkylation sites (N-methyl/N-ethyl adjacent to an activating group) is 1. The number of carbonyl (C=O) groups is 2. The Morgan fingerprint density at radius 2 is 1.43 bits per heavy atom. The molecule has 0 saturated carbocycles. The third-order valence-corrected chi connectivity index (χ3v) is 6.24. The summed E-state index contributed by atoms with van der Waals surface area (Å²) < 4.78 is 80.9. The number of anilines is 2. The zero-order valence-electron chi connectivity index (χ0n) is 16.9. The molecule has 1 aliphatic heterocycles. The highest BCUT2D eigenvalue weighted by molar-refractivity contribution is 6.70. The fourth-order valence-electron chi connectivity index (χ4n) is 2.92. The molecule has 1 saturated heterocycles. The number of nitrogens with zero attached hydrogens (tertiary/aromatic N) is 3. The number of amidine groups is 1. The molecule has 6 nitrogen and oxygen atoms in total. The first-order valence-corrected chi connectivity index (χ1v) is 10.7. The van der Waals surface area contributed by atoms with E-state index in [2.05, 4.69) is 4.99 Å². The number of hydrogen-bond acceptors (Lipinski definition) is 4. The molecule has 1 aliphatic rings. The van der Waals surface area contributed by atoms with E-state index in [1.165, 1.54) is 12.1 Å². The summed E-state index contributed by atoms with van der Waals surface area (Å²) in [6.07, 6.45) is -2.06. The Morgan fingerprint density at radius 1 is 0.914 bits per heavy atom. The quantitative estimate of drug-likeness (QED) is 0.161. The monoisotopic (exact) mass is 580 g/mol. The molecule has 2 atom stereocenters. The van der Waals surface area contributed by atoms with Gasteiger partial charge in [-0.2, -0.15) is 0 Å². The van der Waals surface area contributed by atoms with Gasteiger partial charge in [-0.05, 0) is 12.1 Å². The number of alkyl halides is 4. The molecule has 35 heavy (non-hydrogen) atoms. The Balaban J connectivity index is 2.12. The summed E-state index contributed by atoms with van der Waals surface area (Å²) in [4.78, 5) is 30.3. The molecule has 188 valence electrons. The van der Waals surface area contributed by atoms with Gasteiger partial charge in [0.2, 0.25) is 15.4 Å². The van der Waals surface area contributed by atoms with Crippen LogP contribution in [0.25, 0.3) is 0 Å². The second kappa shape index (κ2) is 9.92. The Bertz CT molecular complexity index is 1210. The number of benzene rings is 2. The highest BCUT2D eigenvalue weighted by atomic mass is 35.6. The summed E-state index contributed by atoms with van der Waals surface area (Å²) in [6.45, 7) is 0. The molecule has 0 spiro atoms. The van der Waals surface area contributed by atoms with E-state index in [0.717, 1.165) is 19.2 Å². The molecule has 2 aromatic carbocycles. The molecule has 0 radical (unpaired) electrons. The normalized spacial score (nSPS) is 17.4. The maximum atomic E-state index is 14.2. The number of amides is 3. The van der Waals surface area contributed by atoms with E-state index in [-0.39, 0.29) is 0 Å². The first kappa shape index (κ1) is 27.2. The number of halogens is 10. The van der Waals surface area contributed by atoms with Gasteiger partial charge in [-0.1, -0.05) is 46.9 Å². The van der Waals surface area contributed by atoms with Crippen LogP contribution in [0.1, 0.15) is 0 Å². The van der Waals surface area contributed by atoms with Crippen molar-refractivity contribution in [3.8, 4) is 0 Å². The van der Waals surface area contributed by atoms with E-state index in [1.54, 1.807) is 0 Å². The summed E-state index contributed by atoms with van der Waals surface area (Å²) in [6, 6.07) is 3.62. The minimum atomic E-state index is -2.47. The van der Waals surface area contributed by atoms with Crippen molar-refractivity contribution in [3.05, 3.63) is 59.2 Å². The molecule has 2 unspecified atom stereocenters. The lowest BCUT2D eigenvalue weighted by Crippen LogP contribution is -2.40. The van der Waals surface area contributed by atoms with Crippen LogP contribution in [0.5, 0.6) is 0 Å². The highest BCUT2D eigenvalue weighted by Gasteiger charge is 2.45. The fourth-order valence-corrected chi connectivity index (χ4v) is 3.40. The van der Waals surface area contributed by atoms with E-state index in [0.29, 0.717) is 9.80 Å². The van der Waals surface area contributed by atoms with Crippen LogP contribution < -0.4 is 10.2 Å². The molecule has 2 aromatic rings. The number of urea groups is 1. The van der Waals surface area contributed by atoms with Crippen LogP contribution in [0.2, 0.25) is 0 Å². The molecule has 3 amide bonds. The number of para-hydroxylation sites is 1. The standard InChI is InChI=1S/C19H10Cl4F6N4O2/c1-32-16(17(34)33(18(32)35)7-5-3-2-4-6(7)24)31-15(14(20)19(21,22)23)30-13-11(28)9(26)8(25)10(27)12(13)29/h2-5,14-15,30H,1H3. The van der Waals surface area contributed by atoms with Gasteiger partial charge < -0.3 is 5.32 Å². The lowest BCUT2D eigenvalue weighted by atomic mass is 10.2. The van der Waals surface area contributed by atoms with Gasteiger partial charge in [-0.15, -0.1) is 11.6 Å². The molecule has 0 aliphatic carbocycles. The van der Waals surface area contributed by atoms with E-state index >= 15 is 0 Å². The number of rotatable bonds is 5. The van der Waals surface area contributed by atoms with Crippen molar-refractivity contribution in [2.45, 2.75) is 15.3 Å². The van der Waals surface area contributed by atoms with Crippen molar-refractivity contribution in [2.75, 3.05) is 17.3 Å².